The van der Waals surface area contributed by atoms with Crippen LogP contribution in [0.25, 0.3) is 10.9 Å². The summed E-state index contributed by atoms with van der Waals surface area (Å²) in [5.74, 6) is -1.20. The van der Waals surface area contributed by atoms with Crippen LogP contribution in [0.2, 0.25) is 0 Å². The molecular formula is C23H33FN4O5. The Kier molecular flexibility index (Phi) is 8.04. The molecule has 0 bridgehead atoms. The standard InChI is InChI=1S/C23H33FN4O5/c1-23(2,3)20(22(32)25-16(12-29)13-30)26-21(31)19-17-5-4-15(24)10-18(17)28(27-19)11-14-6-8-33-9-7-14/h4-5,10,14,16,20,29-30H,6-9,11-13H2,1-3H3,(H,25,32)(H,26,31). The Morgan fingerprint density at radius 1 is 1.21 bits per heavy atom. The summed E-state index contributed by atoms with van der Waals surface area (Å²) in [4.78, 5) is 26.1. The van der Waals surface area contributed by atoms with E-state index in [1.54, 1.807) is 25.5 Å². The van der Waals surface area contributed by atoms with Crippen LogP contribution < -0.4 is 10.6 Å². The van der Waals surface area contributed by atoms with Gasteiger partial charge in [-0.05, 0) is 42.4 Å². The molecule has 182 valence electrons. The van der Waals surface area contributed by atoms with Crippen LogP contribution in [0.15, 0.2) is 18.2 Å². The highest BCUT2D eigenvalue weighted by atomic mass is 19.1. The molecule has 2 heterocycles. The zero-order chi connectivity index (χ0) is 24.2. The van der Waals surface area contributed by atoms with Crippen molar-refractivity contribution in [1.82, 2.24) is 20.4 Å². The van der Waals surface area contributed by atoms with Crippen LogP contribution in [0, 0.1) is 17.2 Å². The molecule has 1 unspecified atom stereocenters. The number of rotatable bonds is 8. The van der Waals surface area contributed by atoms with Crippen molar-refractivity contribution in [1.29, 1.82) is 0 Å². The number of carbonyl (C=O) groups excluding carboxylic acids is 2. The van der Waals surface area contributed by atoms with E-state index in [0.29, 0.717) is 36.6 Å². The van der Waals surface area contributed by atoms with Gasteiger partial charge in [-0.1, -0.05) is 20.8 Å². The molecule has 4 N–H and O–H groups in total. The van der Waals surface area contributed by atoms with Crippen LogP contribution in [0.4, 0.5) is 4.39 Å². The molecular weight excluding hydrogens is 431 g/mol. The second kappa shape index (κ2) is 10.6. The van der Waals surface area contributed by atoms with E-state index in [9.17, 15) is 24.2 Å². The number of ether oxygens (including phenoxy) is 1. The highest BCUT2D eigenvalue weighted by Gasteiger charge is 2.35. The van der Waals surface area contributed by atoms with E-state index in [4.69, 9.17) is 4.74 Å². The Morgan fingerprint density at radius 2 is 1.88 bits per heavy atom. The fourth-order valence-corrected chi connectivity index (χ4v) is 3.94. The van der Waals surface area contributed by atoms with Crippen molar-refractivity contribution in [2.24, 2.45) is 11.3 Å². The number of fused-ring (bicyclic) bond motifs is 1. The molecule has 2 aromatic rings. The Labute approximate surface area is 192 Å². The zero-order valence-electron chi connectivity index (χ0n) is 19.3. The number of carbonyl (C=O) groups is 2. The van der Waals surface area contributed by atoms with Crippen molar-refractivity contribution >= 4 is 22.7 Å². The number of aliphatic hydroxyl groups excluding tert-OH is 2. The zero-order valence-corrected chi connectivity index (χ0v) is 19.3. The molecule has 0 radical (unpaired) electrons. The first kappa shape index (κ1) is 25.1. The van der Waals surface area contributed by atoms with Gasteiger partial charge >= 0.3 is 0 Å². The number of amides is 2. The quantitative estimate of drug-likeness (QED) is 0.465. The van der Waals surface area contributed by atoms with E-state index in [0.717, 1.165) is 12.8 Å². The number of hydrogen-bond acceptors (Lipinski definition) is 6. The first-order valence-electron chi connectivity index (χ1n) is 11.2. The molecule has 0 aliphatic carbocycles. The summed E-state index contributed by atoms with van der Waals surface area (Å²) in [6, 6.07) is 2.37. The highest BCUT2D eigenvalue weighted by Crippen LogP contribution is 2.25. The third-order valence-corrected chi connectivity index (χ3v) is 5.89. The van der Waals surface area contributed by atoms with Crippen LogP contribution in [-0.4, -0.2) is 70.3 Å². The monoisotopic (exact) mass is 464 g/mol. The molecule has 10 heteroatoms. The average Bonchev–Trinajstić information content (AvgIpc) is 3.12. The van der Waals surface area contributed by atoms with Crippen molar-refractivity contribution in [3.8, 4) is 0 Å². The molecule has 0 saturated carbocycles. The summed E-state index contributed by atoms with van der Waals surface area (Å²) >= 11 is 0. The predicted molar refractivity (Wildman–Crippen MR) is 120 cm³/mol. The van der Waals surface area contributed by atoms with Crippen LogP contribution in [0.5, 0.6) is 0 Å². The van der Waals surface area contributed by atoms with Gasteiger partial charge in [0.25, 0.3) is 5.91 Å². The lowest BCUT2D eigenvalue weighted by molar-refractivity contribution is -0.126. The van der Waals surface area contributed by atoms with E-state index in [1.165, 1.54) is 18.2 Å². The van der Waals surface area contributed by atoms with Gasteiger partial charge in [-0.2, -0.15) is 5.10 Å². The third kappa shape index (κ3) is 6.07. The summed E-state index contributed by atoms with van der Waals surface area (Å²) in [7, 11) is 0. The maximum atomic E-state index is 14.0. The number of aliphatic hydroxyl groups is 2. The predicted octanol–water partition coefficient (Wildman–Crippen LogP) is 1.22. The van der Waals surface area contributed by atoms with E-state index < -0.39 is 48.3 Å². The van der Waals surface area contributed by atoms with Gasteiger partial charge < -0.3 is 25.6 Å². The number of nitrogens with zero attached hydrogens (tertiary/aromatic N) is 2. The Bertz CT molecular complexity index is 977. The summed E-state index contributed by atoms with van der Waals surface area (Å²) in [5, 5.41) is 28.9. The van der Waals surface area contributed by atoms with Gasteiger partial charge in [0, 0.05) is 25.1 Å². The third-order valence-electron chi connectivity index (χ3n) is 5.89. The maximum Gasteiger partial charge on any atom is 0.273 e. The molecule has 0 spiro atoms. The minimum Gasteiger partial charge on any atom is -0.394 e. The topological polar surface area (TPSA) is 126 Å². The van der Waals surface area contributed by atoms with Crippen molar-refractivity contribution < 1.29 is 28.9 Å². The van der Waals surface area contributed by atoms with Crippen LogP contribution in [0.1, 0.15) is 44.1 Å². The summed E-state index contributed by atoms with van der Waals surface area (Å²) < 4.78 is 21.1. The van der Waals surface area contributed by atoms with Crippen LogP contribution >= 0.6 is 0 Å². The molecule has 1 aromatic carbocycles. The van der Waals surface area contributed by atoms with Gasteiger partial charge in [-0.15, -0.1) is 0 Å². The molecule has 3 rings (SSSR count). The molecule has 33 heavy (non-hydrogen) atoms. The SMILES string of the molecule is CC(C)(C)C(NC(=O)c1nn(CC2CCOCC2)c2cc(F)ccc12)C(=O)NC(CO)CO. The van der Waals surface area contributed by atoms with E-state index >= 15 is 0 Å². The summed E-state index contributed by atoms with van der Waals surface area (Å²) in [6.07, 6.45) is 1.72. The van der Waals surface area contributed by atoms with Crippen molar-refractivity contribution in [2.45, 2.75) is 52.2 Å². The minimum absolute atomic E-state index is 0.111. The van der Waals surface area contributed by atoms with E-state index in [2.05, 4.69) is 15.7 Å². The molecule has 1 fully saturated rings. The second-order valence-electron chi connectivity index (χ2n) is 9.59. The van der Waals surface area contributed by atoms with Gasteiger partial charge in [0.2, 0.25) is 5.91 Å². The molecule has 1 atom stereocenters. The Hall–Kier alpha value is -2.56. The molecule has 1 saturated heterocycles. The number of benzene rings is 1. The number of aromatic nitrogens is 2. The molecule has 1 aromatic heterocycles. The molecule has 1 aliphatic rings. The van der Waals surface area contributed by atoms with E-state index in [1.807, 2.05) is 0 Å². The minimum atomic E-state index is -0.957. The first-order valence-corrected chi connectivity index (χ1v) is 11.2. The lowest BCUT2D eigenvalue weighted by atomic mass is 9.85. The van der Waals surface area contributed by atoms with Gasteiger partial charge in [0.05, 0.1) is 24.8 Å². The number of halogens is 1. The number of nitrogens with one attached hydrogen (secondary N) is 2. The lowest BCUT2D eigenvalue weighted by Crippen LogP contribution is -2.56. The van der Waals surface area contributed by atoms with Gasteiger partial charge in [-0.3, -0.25) is 14.3 Å². The smallest absolute Gasteiger partial charge is 0.273 e. The maximum absolute atomic E-state index is 14.0. The molecule has 2 amide bonds. The van der Waals surface area contributed by atoms with Gasteiger partial charge in [0.1, 0.15) is 11.9 Å². The second-order valence-corrected chi connectivity index (χ2v) is 9.59. The lowest BCUT2D eigenvalue weighted by Gasteiger charge is -2.31. The normalized spacial score (nSPS) is 16.2. The van der Waals surface area contributed by atoms with E-state index in [-0.39, 0.29) is 5.69 Å². The van der Waals surface area contributed by atoms with Gasteiger partial charge in [-0.25, -0.2) is 4.39 Å². The fraction of sp³-hybridized carbons (Fsp3) is 0.609. The highest BCUT2D eigenvalue weighted by molar-refractivity contribution is 6.06. The van der Waals surface area contributed by atoms with Crippen LogP contribution in [0.3, 0.4) is 0 Å². The summed E-state index contributed by atoms with van der Waals surface area (Å²) in [5.41, 5.74) is -0.0362. The largest absolute Gasteiger partial charge is 0.394 e. The summed E-state index contributed by atoms with van der Waals surface area (Å²) in [6.45, 7) is 6.38. The van der Waals surface area contributed by atoms with Gasteiger partial charge in [0.15, 0.2) is 5.69 Å². The average molecular weight is 465 g/mol. The Balaban J connectivity index is 1.88. The van der Waals surface area contributed by atoms with Crippen molar-refractivity contribution in [2.75, 3.05) is 26.4 Å². The Morgan fingerprint density at radius 3 is 2.48 bits per heavy atom. The molecule has 1 aliphatic heterocycles. The first-order chi connectivity index (χ1) is 15.6. The fourth-order valence-electron chi connectivity index (χ4n) is 3.94. The van der Waals surface area contributed by atoms with Crippen LogP contribution in [-0.2, 0) is 16.1 Å². The number of hydrogen-bond donors (Lipinski definition) is 4. The molecule has 9 nitrogen and oxygen atoms in total. The van der Waals surface area contributed by atoms with Crippen molar-refractivity contribution in [3.05, 3.63) is 29.7 Å². The van der Waals surface area contributed by atoms with Crippen molar-refractivity contribution in [3.63, 3.8) is 0 Å².